The van der Waals surface area contributed by atoms with E-state index in [1.807, 2.05) is 0 Å². The number of aromatic carboxylic acids is 1. The molecule has 5 heteroatoms. The summed E-state index contributed by atoms with van der Waals surface area (Å²) in [5.41, 5.74) is 0.760. The standard InChI is InChI=1S/C16H26N2O2S/c1-5-11(4)13-14(15(19)20)21-16(17-13)18-8-6-12(7-9-18)10(2)3/h10-12H,5-9H2,1-4H3,(H,19,20). The van der Waals surface area contributed by atoms with Crippen molar-refractivity contribution >= 4 is 22.4 Å². The van der Waals surface area contributed by atoms with Crippen LogP contribution in [0.3, 0.4) is 0 Å². The first-order chi connectivity index (χ1) is 9.93. The van der Waals surface area contributed by atoms with E-state index < -0.39 is 5.97 Å². The smallest absolute Gasteiger partial charge is 0.347 e. The Balaban J connectivity index is 2.16. The number of thiazole rings is 1. The van der Waals surface area contributed by atoms with Crippen molar-refractivity contribution in [3.8, 4) is 0 Å². The molecule has 2 heterocycles. The number of piperidine rings is 1. The molecule has 1 atom stereocenters. The zero-order chi connectivity index (χ0) is 15.6. The summed E-state index contributed by atoms with van der Waals surface area (Å²) in [5.74, 6) is 0.878. The maximum Gasteiger partial charge on any atom is 0.347 e. The Morgan fingerprint density at radius 1 is 1.38 bits per heavy atom. The Labute approximate surface area is 131 Å². The first kappa shape index (κ1) is 16.3. The predicted molar refractivity (Wildman–Crippen MR) is 87.6 cm³/mol. The SMILES string of the molecule is CCC(C)c1nc(N2CCC(C(C)C)CC2)sc1C(=O)O. The molecule has 0 aliphatic carbocycles. The number of aromatic nitrogens is 1. The monoisotopic (exact) mass is 310 g/mol. The second-order valence-electron chi connectivity index (χ2n) is 6.39. The molecule has 1 unspecified atom stereocenters. The number of carbonyl (C=O) groups is 1. The van der Waals surface area contributed by atoms with Crippen LogP contribution >= 0.6 is 11.3 Å². The van der Waals surface area contributed by atoms with Gasteiger partial charge in [0, 0.05) is 13.1 Å². The van der Waals surface area contributed by atoms with Crippen LogP contribution in [-0.4, -0.2) is 29.1 Å². The highest BCUT2D eigenvalue weighted by molar-refractivity contribution is 7.17. The van der Waals surface area contributed by atoms with Crippen LogP contribution in [0.15, 0.2) is 0 Å². The van der Waals surface area contributed by atoms with E-state index in [4.69, 9.17) is 0 Å². The van der Waals surface area contributed by atoms with Gasteiger partial charge in [-0.25, -0.2) is 9.78 Å². The molecule has 1 N–H and O–H groups in total. The van der Waals surface area contributed by atoms with Gasteiger partial charge in [-0.3, -0.25) is 0 Å². The molecule has 1 aromatic rings. The third kappa shape index (κ3) is 3.57. The van der Waals surface area contributed by atoms with Gasteiger partial charge in [-0.05, 0) is 37.0 Å². The predicted octanol–water partition coefficient (Wildman–Crippen LogP) is 4.23. The Bertz CT molecular complexity index is 490. The molecule has 0 amide bonds. The van der Waals surface area contributed by atoms with Crippen molar-refractivity contribution in [3.05, 3.63) is 10.6 Å². The summed E-state index contributed by atoms with van der Waals surface area (Å²) in [5, 5.41) is 10.3. The van der Waals surface area contributed by atoms with E-state index in [2.05, 4.69) is 37.6 Å². The molecule has 0 saturated carbocycles. The highest BCUT2D eigenvalue weighted by atomic mass is 32.1. The van der Waals surface area contributed by atoms with Crippen molar-refractivity contribution < 1.29 is 9.90 Å². The Hall–Kier alpha value is -1.10. The van der Waals surface area contributed by atoms with Gasteiger partial charge in [0.25, 0.3) is 0 Å². The molecule has 0 bridgehead atoms. The molecule has 1 aliphatic rings. The second kappa shape index (κ2) is 6.77. The van der Waals surface area contributed by atoms with E-state index in [9.17, 15) is 9.90 Å². The molecule has 4 nitrogen and oxygen atoms in total. The van der Waals surface area contributed by atoms with Crippen LogP contribution in [0.2, 0.25) is 0 Å². The highest BCUT2D eigenvalue weighted by Gasteiger charge is 2.27. The lowest BCUT2D eigenvalue weighted by Crippen LogP contribution is -2.35. The molecule has 118 valence electrons. The molecule has 0 spiro atoms. The fraction of sp³-hybridized carbons (Fsp3) is 0.750. The minimum Gasteiger partial charge on any atom is -0.477 e. The topological polar surface area (TPSA) is 53.4 Å². The Morgan fingerprint density at radius 2 is 2.00 bits per heavy atom. The van der Waals surface area contributed by atoms with Crippen molar-refractivity contribution in [3.63, 3.8) is 0 Å². The van der Waals surface area contributed by atoms with Gasteiger partial charge in [0.1, 0.15) is 4.88 Å². The summed E-state index contributed by atoms with van der Waals surface area (Å²) in [6, 6.07) is 0. The molecular formula is C16H26N2O2S. The molecule has 2 rings (SSSR count). The van der Waals surface area contributed by atoms with Crippen LogP contribution in [0.1, 0.15) is 68.2 Å². The van der Waals surface area contributed by atoms with E-state index in [0.29, 0.717) is 4.88 Å². The quantitative estimate of drug-likeness (QED) is 0.884. The lowest BCUT2D eigenvalue weighted by atomic mass is 9.87. The summed E-state index contributed by atoms with van der Waals surface area (Å²) in [7, 11) is 0. The number of carboxylic acid groups (broad SMARTS) is 1. The molecule has 0 aromatic carbocycles. The molecule has 0 radical (unpaired) electrons. The summed E-state index contributed by atoms with van der Waals surface area (Å²) in [6.45, 7) is 10.7. The van der Waals surface area contributed by atoms with E-state index in [1.54, 1.807) is 0 Å². The molecule has 21 heavy (non-hydrogen) atoms. The van der Waals surface area contributed by atoms with Gasteiger partial charge in [0.15, 0.2) is 5.13 Å². The van der Waals surface area contributed by atoms with Crippen molar-refractivity contribution in [2.24, 2.45) is 11.8 Å². The maximum atomic E-state index is 11.4. The normalized spacial score (nSPS) is 18.2. The van der Waals surface area contributed by atoms with Crippen molar-refractivity contribution in [1.82, 2.24) is 4.98 Å². The second-order valence-corrected chi connectivity index (χ2v) is 7.37. The highest BCUT2D eigenvalue weighted by Crippen LogP contribution is 2.35. The van der Waals surface area contributed by atoms with Gasteiger partial charge in [-0.1, -0.05) is 39.0 Å². The zero-order valence-corrected chi connectivity index (χ0v) is 14.2. The average Bonchev–Trinajstić information content (AvgIpc) is 2.92. The van der Waals surface area contributed by atoms with Crippen LogP contribution in [0.25, 0.3) is 0 Å². The summed E-state index contributed by atoms with van der Waals surface area (Å²) in [4.78, 5) is 18.8. The molecule has 1 aromatic heterocycles. The largest absolute Gasteiger partial charge is 0.477 e. The zero-order valence-electron chi connectivity index (χ0n) is 13.4. The minimum atomic E-state index is -0.842. The van der Waals surface area contributed by atoms with Crippen LogP contribution in [0, 0.1) is 11.8 Å². The number of nitrogens with zero attached hydrogens (tertiary/aromatic N) is 2. The lowest BCUT2D eigenvalue weighted by Gasteiger charge is -2.33. The number of rotatable bonds is 5. The van der Waals surface area contributed by atoms with Crippen LogP contribution in [-0.2, 0) is 0 Å². The van der Waals surface area contributed by atoms with Gasteiger partial charge in [-0.2, -0.15) is 0 Å². The maximum absolute atomic E-state index is 11.4. The third-order valence-electron chi connectivity index (χ3n) is 4.67. The van der Waals surface area contributed by atoms with Crippen LogP contribution in [0.4, 0.5) is 5.13 Å². The van der Waals surface area contributed by atoms with Crippen LogP contribution in [0.5, 0.6) is 0 Å². The summed E-state index contributed by atoms with van der Waals surface area (Å²) in [6.07, 6.45) is 3.27. The first-order valence-electron chi connectivity index (χ1n) is 7.93. The van der Waals surface area contributed by atoms with E-state index in [1.165, 1.54) is 24.2 Å². The molecular weight excluding hydrogens is 284 g/mol. The number of hydrogen-bond donors (Lipinski definition) is 1. The van der Waals surface area contributed by atoms with E-state index in [-0.39, 0.29) is 5.92 Å². The Morgan fingerprint density at radius 3 is 2.48 bits per heavy atom. The van der Waals surface area contributed by atoms with Gasteiger partial charge >= 0.3 is 5.97 Å². The van der Waals surface area contributed by atoms with Gasteiger partial charge < -0.3 is 10.0 Å². The fourth-order valence-electron chi connectivity index (χ4n) is 2.89. The lowest BCUT2D eigenvalue weighted by molar-refractivity contribution is 0.0700. The van der Waals surface area contributed by atoms with Gasteiger partial charge in [0.2, 0.25) is 0 Å². The number of anilines is 1. The fourth-order valence-corrected chi connectivity index (χ4v) is 3.97. The first-order valence-corrected chi connectivity index (χ1v) is 8.74. The van der Waals surface area contributed by atoms with Gasteiger partial charge in [0.05, 0.1) is 5.69 Å². The van der Waals surface area contributed by atoms with Crippen molar-refractivity contribution in [1.29, 1.82) is 0 Å². The molecule has 1 aliphatic heterocycles. The number of carboxylic acids is 1. The summed E-state index contributed by atoms with van der Waals surface area (Å²) < 4.78 is 0. The van der Waals surface area contributed by atoms with Crippen LogP contribution < -0.4 is 4.90 Å². The number of hydrogen-bond acceptors (Lipinski definition) is 4. The third-order valence-corrected chi connectivity index (χ3v) is 5.79. The van der Waals surface area contributed by atoms with Crippen molar-refractivity contribution in [2.45, 2.75) is 52.9 Å². The summed E-state index contributed by atoms with van der Waals surface area (Å²) >= 11 is 1.34. The molecule has 1 fully saturated rings. The van der Waals surface area contributed by atoms with E-state index in [0.717, 1.165) is 42.2 Å². The van der Waals surface area contributed by atoms with Gasteiger partial charge in [-0.15, -0.1) is 0 Å². The van der Waals surface area contributed by atoms with E-state index >= 15 is 0 Å². The van der Waals surface area contributed by atoms with Crippen molar-refractivity contribution in [2.75, 3.05) is 18.0 Å². The average molecular weight is 310 g/mol. The molecule has 1 saturated heterocycles. The Kier molecular flexibility index (Phi) is 5.25. The minimum absolute atomic E-state index is 0.203.